The minimum Gasteiger partial charge on any atom is -0.321 e. The molecule has 0 aliphatic carbocycles. The smallest absolute Gasteiger partial charge is 0.266 e. The van der Waals surface area contributed by atoms with E-state index in [1.165, 1.54) is 0 Å². The zero-order valence-corrected chi connectivity index (χ0v) is 16.9. The average Bonchev–Trinajstić information content (AvgIpc) is 2.69. The molecule has 0 aromatic heterocycles. The zero-order valence-electron chi connectivity index (χ0n) is 14.5. The van der Waals surface area contributed by atoms with Crippen LogP contribution < -0.4 is 5.32 Å². The van der Waals surface area contributed by atoms with E-state index in [-0.39, 0.29) is 5.57 Å². The van der Waals surface area contributed by atoms with Crippen LogP contribution in [0.5, 0.6) is 0 Å². The van der Waals surface area contributed by atoms with Crippen molar-refractivity contribution in [2.24, 2.45) is 0 Å². The maximum atomic E-state index is 12.3. The highest BCUT2D eigenvalue weighted by molar-refractivity contribution is 7.99. The van der Waals surface area contributed by atoms with Crippen molar-refractivity contribution < 1.29 is 4.79 Å². The third kappa shape index (κ3) is 5.64. The summed E-state index contributed by atoms with van der Waals surface area (Å²) in [5, 5.41) is 13.2. The van der Waals surface area contributed by atoms with Gasteiger partial charge in [-0.05, 0) is 66.2 Å². The van der Waals surface area contributed by atoms with Crippen LogP contribution in [0, 0.1) is 11.3 Å². The Morgan fingerprint density at radius 2 is 1.57 bits per heavy atom. The van der Waals surface area contributed by atoms with Crippen molar-refractivity contribution in [1.82, 2.24) is 0 Å². The molecule has 0 saturated heterocycles. The number of halogens is 2. The maximum absolute atomic E-state index is 12.3. The molecule has 0 aliphatic heterocycles. The molecule has 0 bridgehead atoms. The Bertz CT molecular complexity index is 1060. The lowest BCUT2D eigenvalue weighted by molar-refractivity contribution is -0.112. The summed E-state index contributed by atoms with van der Waals surface area (Å²) >= 11 is 13.4. The maximum Gasteiger partial charge on any atom is 0.266 e. The lowest BCUT2D eigenvalue weighted by Crippen LogP contribution is -2.13. The predicted octanol–water partition coefficient (Wildman–Crippen LogP) is 6.69. The van der Waals surface area contributed by atoms with E-state index in [1.807, 2.05) is 54.6 Å². The molecule has 3 aromatic carbocycles. The number of carbonyl (C=O) groups is 1. The van der Waals surface area contributed by atoms with Gasteiger partial charge in [0.25, 0.3) is 5.91 Å². The molecule has 0 radical (unpaired) electrons. The summed E-state index contributed by atoms with van der Waals surface area (Å²) in [6.07, 6.45) is 1.55. The highest BCUT2D eigenvalue weighted by Gasteiger charge is 2.10. The number of hydrogen-bond donors (Lipinski definition) is 1. The molecular weight excluding hydrogens is 411 g/mol. The fraction of sp³-hybridized carbons (Fsp3) is 0. The molecule has 3 aromatic rings. The van der Waals surface area contributed by atoms with Gasteiger partial charge in [0.15, 0.2) is 0 Å². The second kappa shape index (κ2) is 9.48. The van der Waals surface area contributed by atoms with Crippen LogP contribution in [0.15, 0.2) is 88.2 Å². The molecule has 0 unspecified atom stereocenters. The lowest BCUT2D eigenvalue weighted by Gasteiger charge is -2.05. The summed E-state index contributed by atoms with van der Waals surface area (Å²) in [4.78, 5) is 14.5. The number of amides is 1. The third-order valence-corrected chi connectivity index (χ3v) is 5.19. The summed E-state index contributed by atoms with van der Waals surface area (Å²) in [5.74, 6) is -0.482. The van der Waals surface area contributed by atoms with Crippen LogP contribution in [0.2, 0.25) is 10.0 Å². The van der Waals surface area contributed by atoms with Crippen LogP contribution >= 0.6 is 35.0 Å². The minimum atomic E-state index is -0.482. The number of carbonyl (C=O) groups excluding carboxylic acids is 1. The number of nitrogens with zero attached hydrogens (tertiary/aromatic N) is 1. The Morgan fingerprint density at radius 3 is 2.18 bits per heavy atom. The van der Waals surface area contributed by atoms with E-state index in [9.17, 15) is 10.1 Å². The molecule has 0 fully saturated rings. The normalized spacial score (nSPS) is 11.0. The number of nitrogens with one attached hydrogen (secondary N) is 1. The van der Waals surface area contributed by atoms with E-state index in [2.05, 4.69) is 5.32 Å². The summed E-state index contributed by atoms with van der Waals surface area (Å²) in [7, 11) is 0. The molecule has 0 spiro atoms. The monoisotopic (exact) mass is 424 g/mol. The van der Waals surface area contributed by atoms with Crippen molar-refractivity contribution in [2.75, 3.05) is 5.32 Å². The van der Waals surface area contributed by atoms with Crippen LogP contribution in [0.1, 0.15) is 5.56 Å². The molecule has 1 amide bonds. The van der Waals surface area contributed by atoms with Gasteiger partial charge in [-0.25, -0.2) is 0 Å². The minimum absolute atomic E-state index is 0.0121. The van der Waals surface area contributed by atoms with Gasteiger partial charge in [-0.1, -0.05) is 53.2 Å². The first-order chi connectivity index (χ1) is 13.5. The molecule has 3 nitrogen and oxygen atoms in total. The first-order valence-corrected chi connectivity index (χ1v) is 9.83. The van der Waals surface area contributed by atoms with E-state index in [4.69, 9.17) is 23.2 Å². The van der Waals surface area contributed by atoms with Crippen molar-refractivity contribution in [3.8, 4) is 6.07 Å². The molecule has 0 atom stereocenters. The molecule has 0 aliphatic rings. The molecular formula is C22H14Cl2N2OS. The number of anilines is 1. The summed E-state index contributed by atoms with van der Waals surface area (Å²) in [6.45, 7) is 0. The van der Waals surface area contributed by atoms with Crippen LogP contribution in [0.25, 0.3) is 6.08 Å². The Balaban J connectivity index is 1.70. The Morgan fingerprint density at radius 1 is 0.929 bits per heavy atom. The van der Waals surface area contributed by atoms with E-state index in [1.54, 1.807) is 42.1 Å². The standard InChI is InChI=1S/C22H14Cl2N2OS/c23-17-6-10-21(11-7-17)28-20-8-4-15(5-9-20)12-16(14-25)22(27)26-19-3-1-2-18(24)13-19/h1-13H,(H,26,27)/b16-12-. The van der Waals surface area contributed by atoms with Gasteiger partial charge in [0.2, 0.25) is 0 Å². The Hall–Kier alpha value is -2.71. The fourth-order valence-corrected chi connectivity index (χ4v) is 3.48. The summed E-state index contributed by atoms with van der Waals surface area (Å²) in [6, 6.07) is 23.9. The van der Waals surface area contributed by atoms with Crippen LogP contribution in [0.4, 0.5) is 5.69 Å². The van der Waals surface area contributed by atoms with Crippen molar-refractivity contribution in [1.29, 1.82) is 5.26 Å². The lowest BCUT2D eigenvalue weighted by atomic mass is 10.1. The van der Waals surface area contributed by atoms with E-state index >= 15 is 0 Å². The van der Waals surface area contributed by atoms with Crippen molar-refractivity contribution in [2.45, 2.75) is 9.79 Å². The van der Waals surface area contributed by atoms with E-state index < -0.39 is 5.91 Å². The highest BCUT2D eigenvalue weighted by atomic mass is 35.5. The SMILES string of the molecule is N#C/C(=C/c1ccc(Sc2ccc(Cl)cc2)cc1)C(=O)Nc1cccc(Cl)c1. The van der Waals surface area contributed by atoms with Crippen molar-refractivity contribution >= 4 is 52.6 Å². The average molecular weight is 425 g/mol. The third-order valence-electron chi connectivity index (χ3n) is 3.69. The summed E-state index contributed by atoms with van der Waals surface area (Å²) < 4.78 is 0. The van der Waals surface area contributed by atoms with Crippen LogP contribution in [-0.2, 0) is 4.79 Å². The number of hydrogen-bond acceptors (Lipinski definition) is 3. The fourth-order valence-electron chi connectivity index (χ4n) is 2.35. The highest BCUT2D eigenvalue weighted by Crippen LogP contribution is 2.29. The molecule has 138 valence electrons. The van der Waals surface area contributed by atoms with Crippen molar-refractivity contribution in [3.05, 3.63) is 94.0 Å². The van der Waals surface area contributed by atoms with Gasteiger partial charge >= 0.3 is 0 Å². The number of benzene rings is 3. The van der Waals surface area contributed by atoms with Gasteiger partial charge in [-0.3, -0.25) is 4.79 Å². The number of nitriles is 1. The number of rotatable bonds is 5. The Labute approximate surface area is 177 Å². The van der Waals surface area contributed by atoms with E-state index in [0.717, 1.165) is 15.4 Å². The van der Waals surface area contributed by atoms with Gasteiger partial charge in [0.05, 0.1) is 0 Å². The molecule has 1 N–H and O–H groups in total. The second-order valence-electron chi connectivity index (χ2n) is 5.76. The van der Waals surface area contributed by atoms with Gasteiger partial charge in [-0.15, -0.1) is 0 Å². The predicted molar refractivity (Wildman–Crippen MR) is 116 cm³/mol. The second-order valence-corrected chi connectivity index (χ2v) is 7.78. The topological polar surface area (TPSA) is 52.9 Å². The molecule has 6 heteroatoms. The van der Waals surface area contributed by atoms with Crippen LogP contribution in [0.3, 0.4) is 0 Å². The molecule has 3 rings (SSSR count). The van der Waals surface area contributed by atoms with Gasteiger partial charge < -0.3 is 5.32 Å². The molecule has 0 heterocycles. The van der Waals surface area contributed by atoms with Gasteiger partial charge in [-0.2, -0.15) is 5.26 Å². The Kier molecular flexibility index (Phi) is 6.78. The molecule has 0 saturated carbocycles. The van der Waals surface area contributed by atoms with Gasteiger partial charge in [0.1, 0.15) is 11.6 Å². The first kappa shape index (κ1) is 20.0. The summed E-state index contributed by atoms with van der Waals surface area (Å²) in [5.41, 5.74) is 1.31. The van der Waals surface area contributed by atoms with E-state index in [0.29, 0.717) is 15.7 Å². The van der Waals surface area contributed by atoms with Crippen LogP contribution in [-0.4, -0.2) is 5.91 Å². The van der Waals surface area contributed by atoms with Crippen molar-refractivity contribution in [3.63, 3.8) is 0 Å². The largest absolute Gasteiger partial charge is 0.321 e. The quantitative estimate of drug-likeness (QED) is 0.366. The zero-order chi connectivity index (χ0) is 19.9. The molecule has 28 heavy (non-hydrogen) atoms. The first-order valence-electron chi connectivity index (χ1n) is 8.26. The van der Waals surface area contributed by atoms with Gasteiger partial charge in [0, 0.05) is 25.5 Å².